The Morgan fingerprint density at radius 3 is 1.05 bits per heavy atom. The van der Waals surface area contributed by atoms with E-state index in [2.05, 4.69) is 0 Å². The van der Waals surface area contributed by atoms with E-state index in [9.17, 15) is 93.0 Å². The van der Waals surface area contributed by atoms with Gasteiger partial charge in [-0.05, 0) is 19.3 Å². The van der Waals surface area contributed by atoms with Gasteiger partial charge in [0.05, 0.1) is 19.3 Å². The maximum atomic E-state index is 13.7. The van der Waals surface area contributed by atoms with E-state index in [-0.39, 0.29) is 6.61 Å². The van der Waals surface area contributed by atoms with E-state index in [1.54, 1.807) is 0 Å². The van der Waals surface area contributed by atoms with Gasteiger partial charge in [-0.1, -0.05) is 96.8 Å². The smallest absolute Gasteiger partial charge is 0.347 e. The largest absolute Gasteiger partial charge is 0.478 e. The minimum atomic E-state index is -2.27. The number of unbranched alkanes of at least 4 members (excludes halogenated alkanes) is 13. The number of hydrogen-bond acceptors (Lipinski definition) is 41. The molecule has 5 aliphatic heterocycles. The first-order chi connectivity index (χ1) is 56.3. The molecule has 0 aromatic carbocycles. The highest BCUT2D eigenvalue weighted by molar-refractivity contribution is 5.77. The van der Waals surface area contributed by atoms with Crippen LogP contribution in [0.15, 0.2) is 0 Å². The molecule has 119 heavy (non-hydrogen) atoms. The van der Waals surface area contributed by atoms with E-state index in [1.165, 1.54) is 0 Å². The molecular weight excluding hydrogens is 1600 g/mol. The fourth-order valence-electron chi connectivity index (χ4n) is 14.0. The predicted molar refractivity (Wildman–Crippen MR) is 392 cm³/mol. The number of carboxylic acid groups (broad SMARTS) is 1. The average Bonchev–Trinajstić information content (AvgIpc) is 0.725. The van der Waals surface area contributed by atoms with Crippen LogP contribution in [0.3, 0.4) is 0 Å². The molecule has 5 heterocycles. The van der Waals surface area contributed by atoms with E-state index in [0.29, 0.717) is 32.3 Å². The van der Waals surface area contributed by atoms with Gasteiger partial charge in [0.15, 0.2) is 80.3 Å². The van der Waals surface area contributed by atoms with Crippen LogP contribution < -0.4 is 0 Å². The number of hydrogen-bond donors (Lipinski definition) is 6. The zero-order valence-electron chi connectivity index (χ0n) is 69.4. The van der Waals surface area contributed by atoms with Crippen LogP contribution >= 0.6 is 0 Å². The SMILES string of the molecule is CCCC(CCCCCCCCCCCCCCCCOCC(OC(C)=O)C(=O)O)OC1OC(CO)C(OC2OC(COC(C)=O)C(OC3OC(COC(C)=O)C(OC(C)=O)C(OC(C)=O)C3OC3OC(COC(C)=O)C(O)C(O)C3O)C(OC(C)=O)C2OC(C)=O)C(O)C1OC1OC(COC(C)=O)C(OC(C)=O)C(OC(C)=O)C1OC(C)=O. The summed E-state index contributed by atoms with van der Waals surface area (Å²) in [6.07, 6.45) is -37.5. The average molecular weight is 1720 g/mol. The number of aliphatic hydroxyl groups excluding tert-OH is 5. The third-order valence-electron chi connectivity index (χ3n) is 19.2. The molecule has 0 spiro atoms. The monoisotopic (exact) mass is 1720 g/mol. The van der Waals surface area contributed by atoms with Crippen LogP contribution in [-0.4, -0.2) is 320 Å². The number of rotatable bonds is 49. The summed E-state index contributed by atoms with van der Waals surface area (Å²) in [7, 11) is 0. The molecule has 0 amide bonds. The molecule has 5 aliphatic rings. The van der Waals surface area contributed by atoms with Crippen molar-refractivity contribution >= 4 is 77.6 Å². The first kappa shape index (κ1) is 102. The van der Waals surface area contributed by atoms with Crippen molar-refractivity contribution in [1.82, 2.24) is 0 Å². The van der Waals surface area contributed by atoms with Crippen LogP contribution in [0.2, 0.25) is 0 Å². The molecule has 42 heteroatoms. The van der Waals surface area contributed by atoms with E-state index < -0.39 is 276 Å². The van der Waals surface area contributed by atoms with Gasteiger partial charge < -0.3 is 140 Å². The highest BCUT2D eigenvalue weighted by atomic mass is 16.8. The van der Waals surface area contributed by atoms with Crippen LogP contribution in [0.4, 0.5) is 0 Å². The number of carbonyl (C=O) groups excluding carboxylic acids is 12. The van der Waals surface area contributed by atoms with Gasteiger partial charge in [-0.2, -0.15) is 0 Å². The third-order valence-corrected chi connectivity index (χ3v) is 19.2. The first-order valence-corrected chi connectivity index (χ1v) is 39.9. The van der Waals surface area contributed by atoms with Crippen molar-refractivity contribution in [1.29, 1.82) is 0 Å². The highest BCUT2D eigenvalue weighted by Gasteiger charge is 2.62. The highest BCUT2D eigenvalue weighted by Crippen LogP contribution is 2.41. The first-order valence-electron chi connectivity index (χ1n) is 39.9. The second-order valence-electron chi connectivity index (χ2n) is 29.3. The van der Waals surface area contributed by atoms with Crippen molar-refractivity contribution in [3.05, 3.63) is 0 Å². The van der Waals surface area contributed by atoms with Gasteiger partial charge in [0.1, 0.15) is 99.7 Å². The quantitative estimate of drug-likeness (QED) is 0.0285. The van der Waals surface area contributed by atoms with Gasteiger partial charge in [0, 0.05) is 89.7 Å². The Morgan fingerprint density at radius 1 is 0.311 bits per heavy atom. The summed E-state index contributed by atoms with van der Waals surface area (Å²) in [5.74, 6) is -13.2. The standard InChI is InChI=1S/C77H120O42/c1-14-29-50(30-27-25-23-21-19-17-15-16-18-20-22-24-26-28-31-97-33-56(72(95)96)102-42(6)83)110-74-65(118-76-69(108-48(12)89)66(105-45(9)86)62(103-43(7)84)53(113-76)35-99-39(3)80)60(94)61(51(32-78)111-74)116-75-70(109-49(13)90)68(107-47(11)88)64(55(115-75)37-101-41(5)82)117-77-71(119-73-59(93)58(92)57(91)52(112-73)34-98-38(2)79)67(106-46(10)87)63(104-44(8)85)54(114-77)36-100-40(4)81/h50-71,73-78,91-94H,14-37H2,1-13H3,(H,95,96). The lowest BCUT2D eigenvalue weighted by Gasteiger charge is -2.51. The van der Waals surface area contributed by atoms with E-state index in [1.807, 2.05) is 6.92 Å². The molecule has 42 nitrogen and oxygen atoms in total. The van der Waals surface area contributed by atoms with Gasteiger partial charge in [-0.15, -0.1) is 0 Å². The van der Waals surface area contributed by atoms with Gasteiger partial charge in [-0.25, -0.2) is 4.79 Å². The molecule has 0 bridgehead atoms. The van der Waals surface area contributed by atoms with Gasteiger partial charge >= 0.3 is 77.6 Å². The van der Waals surface area contributed by atoms with E-state index in [0.717, 1.165) is 167 Å². The zero-order valence-corrected chi connectivity index (χ0v) is 69.4. The minimum Gasteiger partial charge on any atom is -0.478 e. The number of carbonyl (C=O) groups is 13. The normalized spacial score (nSPS) is 31.1. The number of carboxylic acids is 1. The van der Waals surface area contributed by atoms with Crippen molar-refractivity contribution in [3.63, 3.8) is 0 Å². The fraction of sp³-hybridized carbons (Fsp3) is 0.831. The molecule has 5 saturated heterocycles. The molecule has 0 aromatic rings. The lowest BCUT2D eigenvalue weighted by atomic mass is 9.94. The molecule has 0 radical (unpaired) electrons. The van der Waals surface area contributed by atoms with Crippen molar-refractivity contribution in [2.45, 2.75) is 365 Å². The predicted octanol–water partition coefficient (Wildman–Crippen LogP) is 1.43. The number of aliphatic carboxylic acids is 1. The summed E-state index contributed by atoms with van der Waals surface area (Å²) < 4.78 is 136. The van der Waals surface area contributed by atoms with Crippen molar-refractivity contribution in [2.75, 3.05) is 46.2 Å². The summed E-state index contributed by atoms with van der Waals surface area (Å²) in [6, 6.07) is 0. The fourth-order valence-corrected chi connectivity index (χ4v) is 14.0. The van der Waals surface area contributed by atoms with Crippen molar-refractivity contribution in [2.24, 2.45) is 0 Å². The molecule has 27 unspecified atom stereocenters. The summed E-state index contributed by atoms with van der Waals surface area (Å²) in [5, 5.41) is 67.5. The molecule has 6 N–H and O–H groups in total. The Labute approximate surface area is 688 Å². The topological polar surface area (TPSA) is 556 Å². The Bertz CT molecular complexity index is 3230. The molecular formula is C77H120O42. The maximum Gasteiger partial charge on any atom is 0.347 e. The van der Waals surface area contributed by atoms with Crippen LogP contribution in [0.5, 0.6) is 0 Å². The zero-order chi connectivity index (χ0) is 88.3. The van der Waals surface area contributed by atoms with Gasteiger partial charge in [-0.3, -0.25) is 57.5 Å². The van der Waals surface area contributed by atoms with Gasteiger partial charge in [0.25, 0.3) is 0 Å². The van der Waals surface area contributed by atoms with Crippen LogP contribution in [0.1, 0.15) is 199 Å². The van der Waals surface area contributed by atoms with Crippen LogP contribution in [0.25, 0.3) is 0 Å². The maximum absolute atomic E-state index is 13.7. The Morgan fingerprint density at radius 2 is 0.647 bits per heavy atom. The summed E-state index contributed by atoms with van der Waals surface area (Å²) >= 11 is 0. The Balaban J connectivity index is 1.53. The van der Waals surface area contributed by atoms with E-state index >= 15 is 0 Å². The summed E-state index contributed by atoms with van der Waals surface area (Å²) in [5.41, 5.74) is 0. The molecule has 5 rings (SSSR count). The molecule has 27 atom stereocenters. The molecule has 5 fully saturated rings. The molecule has 680 valence electrons. The molecule has 0 saturated carbocycles. The minimum absolute atomic E-state index is 0.214. The van der Waals surface area contributed by atoms with Crippen LogP contribution in [0, 0.1) is 0 Å². The lowest BCUT2D eigenvalue weighted by Crippen LogP contribution is -2.69. The van der Waals surface area contributed by atoms with Crippen molar-refractivity contribution in [3.8, 4) is 0 Å². The van der Waals surface area contributed by atoms with Gasteiger partial charge in [0.2, 0.25) is 6.10 Å². The number of aliphatic hydroxyl groups is 5. The third kappa shape index (κ3) is 34.4. The lowest BCUT2D eigenvalue weighted by molar-refractivity contribution is -0.402. The van der Waals surface area contributed by atoms with E-state index in [4.69, 9.17) is 109 Å². The number of ether oxygens (including phenoxy) is 23. The Hall–Kier alpha value is -7.53. The van der Waals surface area contributed by atoms with Crippen LogP contribution in [-0.2, 0) is 171 Å². The molecule has 0 aromatic heterocycles. The molecule has 0 aliphatic carbocycles. The van der Waals surface area contributed by atoms with Crippen molar-refractivity contribution < 1.29 is 202 Å². The second-order valence-corrected chi connectivity index (χ2v) is 29.3. The summed E-state index contributed by atoms with van der Waals surface area (Å²) in [6.45, 7) is 9.42. The summed E-state index contributed by atoms with van der Waals surface area (Å²) in [4.78, 5) is 165. The number of esters is 12. The second kappa shape index (κ2) is 52.1. The Kier molecular flexibility index (Phi) is 44.6.